The second kappa shape index (κ2) is 16.3. The smallest absolute Gasteiger partial charge is 0.0541 e. The second-order valence-electron chi connectivity index (χ2n) is 17.3. The fourth-order valence-corrected chi connectivity index (χ4v) is 10.3. The molecule has 1 heteroatoms. The molecule has 0 saturated heterocycles. The van der Waals surface area contributed by atoms with Gasteiger partial charge in [-0.2, -0.15) is 0 Å². The predicted octanol–water partition coefficient (Wildman–Crippen LogP) is 15.3. The van der Waals surface area contributed by atoms with Crippen molar-refractivity contribution in [3.63, 3.8) is 0 Å². The normalized spacial score (nSPS) is 13.8. The maximum Gasteiger partial charge on any atom is 0.0541 e. The molecule has 9 aromatic carbocycles. The highest BCUT2D eigenvalue weighted by Crippen LogP contribution is 2.41. The third-order valence-electron chi connectivity index (χ3n) is 13.5. The minimum atomic E-state index is 0.207. The first-order valence-corrected chi connectivity index (χ1v) is 22.2. The summed E-state index contributed by atoms with van der Waals surface area (Å²) in [6.45, 7) is 2.21. The van der Waals surface area contributed by atoms with E-state index in [0.717, 1.165) is 25.7 Å². The molecular formula is C61H49N. The molecule has 1 nitrogen and oxygen atoms in total. The van der Waals surface area contributed by atoms with Crippen molar-refractivity contribution in [1.29, 1.82) is 0 Å². The van der Waals surface area contributed by atoms with E-state index in [4.69, 9.17) is 0 Å². The standard InChI is InChI=1S/C61H49N/c1-42-14-2-5-17-52(42)53-18-6-3-15-48(53)38-43-26-32-46(33-27-43)59(40-45-30-36-51(37-31-45)62-60-24-12-10-22-57(60)58-23-11-13-25-61(58)62)47-34-28-44(29-35-47)39-50-41-49-16-4-7-19-54(49)56-21-9-8-20-55(50)56/h2-37,50,59H,38-41H2,1H3. The zero-order valence-electron chi connectivity index (χ0n) is 35.2. The van der Waals surface area contributed by atoms with Crippen LogP contribution >= 0.6 is 0 Å². The van der Waals surface area contributed by atoms with Crippen LogP contribution in [0, 0.1) is 6.92 Å². The highest BCUT2D eigenvalue weighted by molar-refractivity contribution is 6.09. The highest BCUT2D eigenvalue weighted by atomic mass is 15.0. The van der Waals surface area contributed by atoms with Gasteiger partial charge in [0.1, 0.15) is 0 Å². The average Bonchev–Trinajstić information content (AvgIpc) is 3.66. The van der Waals surface area contributed by atoms with Gasteiger partial charge in [-0.05, 0) is 135 Å². The van der Waals surface area contributed by atoms with Gasteiger partial charge >= 0.3 is 0 Å². The molecule has 2 atom stereocenters. The molecule has 1 aliphatic carbocycles. The van der Waals surface area contributed by atoms with Crippen LogP contribution < -0.4 is 0 Å². The van der Waals surface area contributed by atoms with Gasteiger partial charge in [0, 0.05) is 22.4 Å². The van der Waals surface area contributed by atoms with Crippen LogP contribution in [0.15, 0.2) is 218 Å². The van der Waals surface area contributed by atoms with Crippen LogP contribution in [0.2, 0.25) is 0 Å². The Balaban J connectivity index is 0.906. The van der Waals surface area contributed by atoms with Crippen molar-refractivity contribution in [2.75, 3.05) is 0 Å². The molecule has 62 heavy (non-hydrogen) atoms. The van der Waals surface area contributed by atoms with E-state index in [9.17, 15) is 0 Å². The van der Waals surface area contributed by atoms with Crippen molar-refractivity contribution in [2.45, 2.75) is 44.4 Å². The molecule has 1 aliphatic rings. The Bertz CT molecular complexity index is 3130. The van der Waals surface area contributed by atoms with E-state index < -0.39 is 0 Å². The average molecular weight is 796 g/mol. The summed E-state index contributed by atoms with van der Waals surface area (Å²) in [5, 5.41) is 2.57. The molecular weight excluding hydrogens is 747 g/mol. The third-order valence-corrected chi connectivity index (χ3v) is 13.5. The fraction of sp³-hybridized carbons (Fsp3) is 0.115. The number of aromatic nitrogens is 1. The summed E-state index contributed by atoms with van der Waals surface area (Å²) in [6, 6.07) is 81.5. The minimum absolute atomic E-state index is 0.207. The SMILES string of the molecule is Cc1ccccc1-c1ccccc1Cc1ccc(C(Cc2ccc(-n3c4ccccc4c4ccccc43)cc2)c2ccc(CC3Cc4ccccc4-c4ccccc43)cc2)cc1. The lowest BCUT2D eigenvalue weighted by Crippen LogP contribution is -2.13. The fourth-order valence-electron chi connectivity index (χ4n) is 10.3. The van der Waals surface area contributed by atoms with Crippen LogP contribution in [0.25, 0.3) is 49.7 Å². The lowest BCUT2D eigenvalue weighted by Gasteiger charge is -2.28. The van der Waals surface area contributed by atoms with E-state index in [1.165, 1.54) is 99.8 Å². The molecule has 0 radical (unpaired) electrons. The third kappa shape index (κ3) is 7.14. The molecule has 0 spiro atoms. The highest BCUT2D eigenvalue weighted by Gasteiger charge is 2.25. The molecule has 0 bridgehead atoms. The monoisotopic (exact) mass is 795 g/mol. The van der Waals surface area contributed by atoms with Crippen molar-refractivity contribution in [2.24, 2.45) is 0 Å². The van der Waals surface area contributed by atoms with Gasteiger partial charge in [0.05, 0.1) is 11.0 Å². The number of hydrogen-bond donors (Lipinski definition) is 0. The Kier molecular flexibility index (Phi) is 9.94. The summed E-state index contributed by atoms with van der Waals surface area (Å²) in [7, 11) is 0. The number of benzene rings is 9. The lowest BCUT2D eigenvalue weighted by atomic mass is 9.76. The van der Waals surface area contributed by atoms with Crippen LogP contribution in [-0.4, -0.2) is 4.57 Å². The van der Waals surface area contributed by atoms with Crippen LogP contribution in [-0.2, 0) is 25.7 Å². The van der Waals surface area contributed by atoms with Crippen molar-refractivity contribution in [3.05, 3.63) is 268 Å². The molecule has 0 amide bonds. The first kappa shape index (κ1) is 37.8. The number of aryl methyl sites for hydroxylation is 1. The number of fused-ring (bicyclic) bond motifs is 6. The van der Waals surface area contributed by atoms with E-state index in [1.54, 1.807) is 0 Å². The Hall–Kier alpha value is -7.22. The maximum atomic E-state index is 2.41. The van der Waals surface area contributed by atoms with E-state index >= 15 is 0 Å². The Morgan fingerprint density at radius 3 is 1.68 bits per heavy atom. The molecule has 0 N–H and O–H groups in total. The topological polar surface area (TPSA) is 4.93 Å². The van der Waals surface area contributed by atoms with Crippen LogP contribution in [0.1, 0.15) is 61.9 Å². The molecule has 11 rings (SSSR count). The minimum Gasteiger partial charge on any atom is -0.309 e. The van der Waals surface area contributed by atoms with Crippen molar-refractivity contribution in [1.82, 2.24) is 4.57 Å². The van der Waals surface area contributed by atoms with E-state index in [1.807, 2.05) is 0 Å². The zero-order valence-corrected chi connectivity index (χ0v) is 35.2. The first-order valence-electron chi connectivity index (χ1n) is 22.2. The first-order chi connectivity index (χ1) is 30.6. The quantitative estimate of drug-likeness (QED) is 0.130. The molecule has 1 aromatic heterocycles. The Morgan fingerprint density at radius 1 is 0.452 bits per heavy atom. The molecule has 1 heterocycles. The van der Waals surface area contributed by atoms with Crippen molar-refractivity contribution in [3.8, 4) is 27.9 Å². The molecule has 0 aliphatic heterocycles. The summed E-state index contributed by atoms with van der Waals surface area (Å²) >= 11 is 0. The van der Waals surface area contributed by atoms with E-state index in [-0.39, 0.29) is 5.92 Å². The summed E-state index contributed by atoms with van der Waals surface area (Å²) < 4.78 is 2.41. The summed E-state index contributed by atoms with van der Waals surface area (Å²) in [6.07, 6.45) is 3.90. The molecule has 0 saturated carbocycles. The van der Waals surface area contributed by atoms with Crippen molar-refractivity contribution >= 4 is 21.8 Å². The maximum absolute atomic E-state index is 2.41. The van der Waals surface area contributed by atoms with Gasteiger partial charge in [-0.15, -0.1) is 0 Å². The van der Waals surface area contributed by atoms with Gasteiger partial charge in [0.25, 0.3) is 0 Å². The molecule has 10 aromatic rings. The Morgan fingerprint density at radius 2 is 0.984 bits per heavy atom. The van der Waals surface area contributed by atoms with E-state index in [2.05, 4.69) is 230 Å². The number of hydrogen-bond acceptors (Lipinski definition) is 0. The van der Waals surface area contributed by atoms with E-state index in [0.29, 0.717) is 5.92 Å². The number of nitrogens with zero attached hydrogens (tertiary/aromatic N) is 1. The number of para-hydroxylation sites is 2. The van der Waals surface area contributed by atoms with Gasteiger partial charge in [-0.3, -0.25) is 0 Å². The van der Waals surface area contributed by atoms with Gasteiger partial charge in [-0.25, -0.2) is 0 Å². The molecule has 0 fully saturated rings. The van der Waals surface area contributed by atoms with Crippen molar-refractivity contribution < 1.29 is 0 Å². The van der Waals surface area contributed by atoms with Crippen LogP contribution in [0.3, 0.4) is 0 Å². The van der Waals surface area contributed by atoms with Gasteiger partial charge in [0.15, 0.2) is 0 Å². The summed E-state index contributed by atoms with van der Waals surface area (Å²) in [4.78, 5) is 0. The molecule has 298 valence electrons. The predicted molar refractivity (Wildman–Crippen MR) is 261 cm³/mol. The van der Waals surface area contributed by atoms with Crippen LogP contribution in [0.5, 0.6) is 0 Å². The number of rotatable bonds is 10. The largest absolute Gasteiger partial charge is 0.309 e. The van der Waals surface area contributed by atoms with Crippen LogP contribution in [0.4, 0.5) is 0 Å². The molecule has 2 unspecified atom stereocenters. The second-order valence-corrected chi connectivity index (χ2v) is 17.3. The summed E-state index contributed by atoms with van der Waals surface area (Å²) in [5.74, 6) is 0.665. The Labute approximate surface area is 365 Å². The van der Waals surface area contributed by atoms with Gasteiger partial charge < -0.3 is 4.57 Å². The van der Waals surface area contributed by atoms with Gasteiger partial charge in [-0.1, -0.05) is 194 Å². The summed E-state index contributed by atoms with van der Waals surface area (Å²) in [5.41, 5.74) is 21.4. The lowest BCUT2D eigenvalue weighted by molar-refractivity contribution is 0.672. The zero-order chi connectivity index (χ0) is 41.4. The van der Waals surface area contributed by atoms with Gasteiger partial charge in [0.2, 0.25) is 0 Å².